The average molecular weight is 256 g/mol. The number of nitrogens with one attached hydrogen (secondary N) is 1. The van der Waals surface area contributed by atoms with E-state index in [1.54, 1.807) is 0 Å². The molecule has 0 aromatic carbocycles. The molecule has 0 spiro atoms. The highest BCUT2D eigenvalue weighted by molar-refractivity contribution is 4.86. The highest BCUT2D eigenvalue weighted by Crippen LogP contribution is 2.30. The number of rotatable bonds is 9. The molecule has 1 saturated heterocycles. The molecule has 108 valence electrons. The topological polar surface area (TPSA) is 47.3 Å². The highest BCUT2D eigenvalue weighted by Gasteiger charge is 2.33. The van der Waals surface area contributed by atoms with Gasteiger partial charge in [-0.3, -0.25) is 11.3 Å². The summed E-state index contributed by atoms with van der Waals surface area (Å²) >= 11 is 0. The van der Waals surface area contributed by atoms with Gasteiger partial charge in [-0.2, -0.15) is 0 Å². The molecule has 0 saturated carbocycles. The van der Waals surface area contributed by atoms with Gasteiger partial charge >= 0.3 is 0 Å². The van der Waals surface area contributed by atoms with E-state index in [0.29, 0.717) is 18.1 Å². The second-order valence-corrected chi connectivity index (χ2v) is 5.70. The summed E-state index contributed by atoms with van der Waals surface area (Å²) < 4.78 is 5.80. The summed E-state index contributed by atoms with van der Waals surface area (Å²) in [5, 5.41) is 0. The molecule has 1 aliphatic rings. The predicted octanol–water partition coefficient (Wildman–Crippen LogP) is 3.24. The lowest BCUT2D eigenvalue weighted by atomic mass is 9.83. The van der Waals surface area contributed by atoms with E-state index >= 15 is 0 Å². The fraction of sp³-hybridized carbons (Fsp3) is 1.00. The van der Waals surface area contributed by atoms with Crippen LogP contribution in [-0.4, -0.2) is 18.8 Å². The van der Waals surface area contributed by atoms with Crippen LogP contribution in [0.1, 0.15) is 65.7 Å². The number of nitrogens with two attached hydrogens (primary N) is 1. The van der Waals surface area contributed by atoms with Crippen molar-refractivity contribution < 1.29 is 4.74 Å². The number of hydrogen-bond acceptors (Lipinski definition) is 3. The van der Waals surface area contributed by atoms with Crippen molar-refractivity contribution >= 4 is 0 Å². The molecule has 3 nitrogen and oxygen atoms in total. The van der Waals surface area contributed by atoms with Crippen LogP contribution >= 0.6 is 0 Å². The zero-order valence-electron chi connectivity index (χ0n) is 12.5. The number of hydrazine groups is 1. The van der Waals surface area contributed by atoms with Crippen molar-refractivity contribution in [2.75, 3.05) is 6.61 Å². The van der Waals surface area contributed by atoms with Gasteiger partial charge < -0.3 is 4.74 Å². The molecule has 0 amide bonds. The van der Waals surface area contributed by atoms with E-state index in [1.807, 2.05) is 0 Å². The molecule has 1 rings (SSSR count). The maximum Gasteiger partial charge on any atom is 0.0616 e. The van der Waals surface area contributed by atoms with Gasteiger partial charge in [-0.25, -0.2) is 0 Å². The largest absolute Gasteiger partial charge is 0.378 e. The second-order valence-electron chi connectivity index (χ2n) is 5.70. The second kappa shape index (κ2) is 8.89. The van der Waals surface area contributed by atoms with E-state index in [1.165, 1.54) is 32.1 Å². The zero-order valence-corrected chi connectivity index (χ0v) is 12.5. The quantitative estimate of drug-likeness (QED) is 0.492. The molecular formula is C15H32N2O. The van der Waals surface area contributed by atoms with Crippen molar-refractivity contribution in [2.45, 2.75) is 77.9 Å². The molecule has 18 heavy (non-hydrogen) atoms. The molecule has 3 heteroatoms. The Hall–Kier alpha value is -0.120. The lowest BCUT2D eigenvalue weighted by Gasteiger charge is -2.29. The van der Waals surface area contributed by atoms with Crippen LogP contribution in [-0.2, 0) is 4.74 Å². The Morgan fingerprint density at radius 3 is 2.67 bits per heavy atom. The third-order valence-corrected chi connectivity index (χ3v) is 4.52. The zero-order chi connectivity index (χ0) is 13.4. The van der Waals surface area contributed by atoms with Crippen molar-refractivity contribution in [3.63, 3.8) is 0 Å². The van der Waals surface area contributed by atoms with Crippen LogP contribution in [0.4, 0.5) is 0 Å². The first-order chi connectivity index (χ1) is 8.76. The molecular weight excluding hydrogens is 224 g/mol. The average Bonchev–Trinajstić information content (AvgIpc) is 2.87. The first-order valence-electron chi connectivity index (χ1n) is 7.84. The van der Waals surface area contributed by atoms with E-state index in [9.17, 15) is 0 Å². The third kappa shape index (κ3) is 4.52. The lowest BCUT2D eigenvalue weighted by molar-refractivity contribution is 0.0738. The summed E-state index contributed by atoms with van der Waals surface area (Å²) in [6.45, 7) is 7.69. The third-order valence-electron chi connectivity index (χ3n) is 4.52. The Kier molecular flexibility index (Phi) is 7.87. The van der Waals surface area contributed by atoms with Gasteiger partial charge in [0.15, 0.2) is 0 Å². The molecule has 0 aromatic rings. The maximum atomic E-state index is 5.80. The van der Waals surface area contributed by atoms with Gasteiger partial charge in [-0.15, -0.1) is 0 Å². The highest BCUT2D eigenvalue weighted by atomic mass is 16.5. The van der Waals surface area contributed by atoms with Gasteiger partial charge in [0, 0.05) is 18.6 Å². The minimum absolute atomic E-state index is 0.412. The van der Waals surface area contributed by atoms with Crippen molar-refractivity contribution in [3.05, 3.63) is 0 Å². The molecule has 4 unspecified atom stereocenters. The van der Waals surface area contributed by atoms with Gasteiger partial charge in [-0.05, 0) is 25.2 Å². The minimum Gasteiger partial charge on any atom is -0.378 e. The SMILES string of the molecule is CCCCC(CC)CC(NN)C1CCOC1CC. The van der Waals surface area contributed by atoms with Gasteiger partial charge in [0.05, 0.1) is 6.10 Å². The molecule has 0 bridgehead atoms. The fourth-order valence-corrected chi connectivity index (χ4v) is 3.25. The summed E-state index contributed by atoms with van der Waals surface area (Å²) in [5.74, 6) is 7.21. The van der Waals surface area contributed by atoms with Gasteiger partial charge in [0.2, 0.25) is 0 Å². The molecule has 4 atom stereocenters. The first kappa shape index (κ1) is 15.9. The van der Waals surface area contributed by atoms with E-state index in [0.717, 1.165) is 25.4 Å². The number of unbranched alkanes of at least 4 members (excludes halogenated alkanes) is 1. The molecule has 1 heterocycles. The molecule has 0 aliphatic carbocycles. The Morgan fingerprint density at radius 2 is 2.11 bits per heavy atom. The van der Waals surface area contributed by atoms with E-state index in [2.05, 4.69) is 26.2 Å². The molecule has 0 aromatic heterocycles. The van der Waals surface area contributed by atoms with E-state index in [4.69, 9.17) is 10.6 Å². The summed E-state index contributed by atoms with van der Waals surface area (Å²) in [5.41, 5.74) is 3.07. The van der Waals surface area contributed by atoms with Crippen LogP contribution in [0.25, 0.3) is 0 Å². The van der Waals surface area contributed by atoms with Crippen LogP contribution in [0.2, 0.25) is 0 Å². The van der Waals surface area contributed by atoms with Gasteiger partial charge in [0.25, 0.3) is 0 Å². The van der Waals surface area contributed by atoms with Gasteiger partial charge in [-0.1, -0.05) is 46.5 Å². The van der Waals surface area contributed by atoms with Crippen LogP contribution in [0.15, 0.2) is 0 Å². The number of hydrogen-bond donors (Lipinski definition) is 2. The fourth-order valence-electron chi connectivity index (χ4n) is 3.25. The molecule has 0 radical (unpaired) electrons. The summed E-state index contributed by atoms with van der Waals surface area (Å²) in [4.78, 5) is 0. The van der Waals surface area contributed by atoms with E-state index < -0.39 is 0 Å². The Morgan fingerprint density at radius 1 is 1.33 bits per heavy atom. The van der Waals surface area contributed by atoms with Gasteiger partial charge in [0.1, 0.15) is 0 Å². The van der Waals surface area contributed by atoms with Crippen molar-refractivity contribution in [1.82, 2.24) is 5.43 Å². The van der Waals surface area contributed by atoms with Crippen LogP contribution in [0.3, 0.4) is 0 Å². The monoisotopic (exact) mass is 256 g/mol. The van der Waals surface area contributed by atoms with Crippen molar-refractivity contribution in [1.29, 1.82) is 0 Å². The van der Waals surface area contributed by atoms with Crippen molar-refractivity contribution in [3.8, 4) is 0 Å². The maximum absolute atomic E-state index is 5.80. The molecule has 3 N–H and O–H groups in total. The summed E-state index contributed by atoms with van der Waals surface area (Å²) in [7, 11) is 0. The van der Waals surface area contributed by atoms with Crippen molar-refractivity contribution in [2.24, 2.45) is 17.7 Å². The summed E-state index contributed by atoms with van der Waals surface area (Å²) in [6.07, 6.45) is 9.13. The van der Waals surface area contributed by atoms with E-state index in [-0.39, 0.29) is 0 Å². The number of ether oxygens (including phenoxy) is 1. The minimum atomic E-state index is 0.412. The first-order valence-corrected chi connectivity index (χ1v) is 7.84. The van der Waals surface area contributed by atoms with Crippen LogP contribution < -0.4 is 11.3 Å². The Balaban J connectivity index is 2.48. The molecule has 1 fully saturated rings. The Labute approximate surface area is 113 Å². The molecule has 1 aliphatic heterocycles. The smallest absolute Gasteiger partial charge is 0.0616 e. The van der Waals surface area contributed by atoms with Crippen LogP contribution in [0.5, 0.6) is 0 Å². The normalized spacial score (nSPS) is 27.3. The van der Waals surface area contributed by atoms with Crippen LogP contribution in [0, 0.1) is 11.8 Å². The summed E-state index contributed by atoms with van der Waals surface area (Å²) in [6, 6.07) is 0.430. The standard InChI is InChI=1S/C15H32N2O/c1-4-7-8-12(5-2)11-14(17-16)13-9-10-18-15(13)6-3/h12-15,17H,4-11,16H2,1-3H3. The Bertz CT molecular complexity index is 211. The predicted molar refractivity (Wildman–Crippen MR) is 77.2 cm³/mol. The lowest BCUT2D eigenvalue weighted by Crippen LogP contribution is -2.44.